The third-order valence-electron chi connectivity index (χ3n) is 6.31. The van der Waals surface area contributed by atoms with Gasteiger partial charge in [-0.15, -0.1) is 0 Å². The van der Waals surface area contributed by atoms with E-state index in [1.165, 1.54) is 10.8 Å². The van der Waals surface area contributed by atoms with Crippen molar-refractivity contribution in [2.45, 2.75) is 6.42 Å². The topological polar surface area (TPSA) is 85.0 Å². The maximum Gasteiger partial charge on any atom is 0.312 e. The van der Waals surface area contributed by atoms with Gasteiger partial charge in [0, 0.05) is 16.6 Å². The molecule has 204 valence electrons. The van der Waals surface area contributed by atoms with E-state index in [4.69, 9.17) is 44.2 Å². The van der Waals surface area contributed by atoms with Crippen molar-refractivity contribution < 1.29 is 4.42 Å². The van der Waals surface area contributed by atoms with Crippen LogP contribution in [-0.2, 0) is 6.42 Å². The van der Waals surface area contributed by atoms with E-state index in [0.29, 0.717) is 49.0 Å². The third kappa shape index (κ3) is 5.69. The fourth-order valence-electron chi connectivity index (χ4n) is 4.36. The molecule has 0 spiro atoms. The Morgan fingerprint density at radius 1 is 0.805 bits per heavy atom. The summed E-state index contributed by atoms with van der Waals surface area (Å²) in [4.78, 5) is 23.3. The van der Waals surface area contributed by atoms with Gasteiger partial charge in [0.1, 0.15) is 12.1 Å². The molecule has 4 aromatic carbocycles. The number of nitrogens with one attached hydrogen (secondary N) is 2. The van der Waals surface area contributed by atoms with E-state index in [9.17, 15) is 4.79 Å². The molecule has 0 bridgehead atoms. The average molecular weight is 668 g/mol. The molecule has 0 saturated carbocycles. The maximum atomic E-state index is 13.9. The minimum atomic E-state index is -0.322. The SMILES string of the molecule is O=c1c2cc(Br)ccc2nc(Cc2ccccc2Nc2c(Cl)cccc2Cl)n1-c1nc(Nc2ccccc2Cl)co1. The van der Waals surface area contributed by atoms with Gasteiger partial charge in [-0.2, -0.15) is 4.98 Å². The predicted molar refractivity (Wildman–Crippen MR) is 169 cm³/mol. The summed E-state index contributed by atoms with van der Waals surface area (Å²) < 4.78 is 7.94. The summed E-state index contributed by atoms with van der Waals surface area (Å²) in [6.07, 6.45) is 1.69. The lowest BCUT2D eigenvalue weighted by Gasteiger charge is -2.16. The Balaban J connectivity index is 1.45. The molecule has 0 aliphatic carbocycles. The highest BCUT2D eigenvalue weighted by atomic mass is 79.9. The van der Waals surface area contributed by atoms with Crippen LogP contribution in [0.5, 0.6) is 0 Å². The molecule has 0 amide bonds. The molecule has 6 aromatic rings. The van der Waals surface area contributed by atoms with E-state index >= 15 is 0 Å². The summed E-state index contributed by atoms with van der Waals surface area (Å²) in [6.45, 7) is 0. The van der Waals surface area contributed by atoms with Crippen molar-refractivity contribution in [3.63, 3.8) is 0 Å². The van der Waals surface area contributed by atoms with E-state index in [1.54, 1.807) is 36.4 Å². The standard InChI is InChI=1S/C30H19BrCl3N5O2/c31-18-12-13-24-19(15-18)29(40)39(30-38-26(16-41-30)35-25-11-4-2-7-20(25)32)27(36-24)14-17-6-1-3-10-23(17)37-28-21(33)8-5-9-22(28)34/h1-13,15-16,35,37H,14H2. The van der Waals surface area contributed by atoms with Crippen LogP contribution in [0.2, 0.25) is 15.1 Å². The highest BCUT2D eigenvalue weighted by molar-refractivity contribution is 9.10. The molecule has 7 nitrogen and oxygen atoms in total. The summed E-state index contributed by atoms with van der Waals surface area (Å²) in [7, 11) is 0. The lowest BCUT2D eigenvalue weighted by molar-refractivity contribution is 0.515. The number of para-hydroxylation sites is 3. The van der Waals surface area contributed by atoms with Crippen LogP contribution in [-0.4, -0.2) is 14.5 Å². The van der Waals surface area contributed by atoms with Gasteiger partial charge in [-0.3, -0.25) is 4.79 Å². The van der Waals surface area contributed by atoms with Crippen LogP contribution in [0.25, 0.3) is 16.9 Å². The summed E-state index contributed by atoms with van der Waals surface area (Å²) in [5.74, 6) is 0.811. The van der Waals surface area contributed by atoms with E-state index < -0.39 is 0 Å². The van der Waals surface area contributed by atoms with Crippen LogP contribution >= 0.6 is 50.7 Å². The Labute approximate surface area is 257 Å². The minimum absolute atomic E-state index is 0.0634. The summed E-state index contributed by atoms with van der Waals surface area (Å²) in [5, 5.41) is 8.37. The number of oxazole rings is 1. The zero-order valence-corrected chi connectivity index (χ0v) is 24.9. The van der Waals surface area contributed by atoms with Gasteiger partial charge in [0.05, 0.1) is 37.3 Å². The quantitative estimate of drug-likeness (QED) is 0.177. The van der Waals surface area contributed by atoms with Crippen LogP contribution in [0.15, 0.2) is 105 Å². The number of anilines is 4. The Kier molecular flexibility index (Phi) is 7.73. The number of aromatic nitrogens is 3. The Morgan fingerprint density at radius 2 is 1.51 bits per heavy atom. The van der Waals surface area contributed by atoms with Crippen molar-refractivity contribution in [3.05, 3.63) is 132 Å². The van der Waals surface area contributed by atoms with Gasteiger partial charge in [0.15, 0.2) is 5.82 Å². The predicted octanol–water partition coefficient (Wildman–Crippen LogP) is 9.17. The number of halogens is 4. The summed E-state index contributed by atoms with van der Waals surface area (Å²) in [5.41, 5.74) is 3.07. The zero-order valence-electron chi connectivity index (χ0n) is 21.0. The second-order valence-corrected chi connectivity index (χ2v) is 11.1. The second kappa shape index (κ2) is 11.6. The van der Waals surface area contributed by atoms with Gasteiger partial charge >= 0.3 is 6.01 Å². The molecule has 6 rings (SSSR count). The summed E-state index contributed by atoms with van der Waals surface area (Å²) in [6, 6.07) is 25.6. The molecular formula is C30H19BrCl3N5O2. The highest BCUT2D eigenvalue weighted by Crippen LogP contribution is 2.34. The van der Waals surface area contributed by atoms with Crippen molar-refractivity contribution in [2.24, 2.45) is 0 Å². The first-order valence-corrected chi connectivity index (χ1v) is 14.3. The van der Waals surface area contributed by atoms with Crippen LogP contribution in [0.4, 0.5) is 22.9 Å². The van der Waals surface area contributed by atoms with Gasteiger partial charge in [-0.05, 0) is 54.1 Å². The Bertz CT molecular complexity index is 1950. The molecule has 2 N–H and O–H groups in total. The van der Waals surface area contributed by atoms with Crippen molar-refractivity contribution in [2.75, 3.05) is 10.6 Å². The van der Waals surface area contributed by atoms with Crippen molar-refractivity contribution in [1.82, 2.24) is 14.5 Å². The van der Waals surface area contributed by atoms with Crippen LogP contribution in [0.1, 0.15) is 11.4 Å². The van der Waals surface area contributed by atoms with E-state index in [0.717, 1.165) is 15.7 Å². The van der Waals surface area contributed by atoms with Crippen LogP contribution in [0, 0.1) is 0 Å². The Hall–Kier alpha value is -3.82. The molecular weight excluding hydrogens is 649 g/mol. The number of fused-ring (bicyclic) bond motifs is 1. The fourth-order valence-corrected chi connectivity index (χ4v) is 5.40. The van der Waals surface area contributed by atoms with E-state index in [-0.39, 0.29) is 18.0 Å². The molecule has 0 radical (unpaired) electrons. The molecule has 0 saturated heterocycles. The average Bonchev–Trinajstić information content (AvgIpc) is 3.41. The Morgan fingerprint density at radius 3 is 2.29 bits per heavy atom. The van der Waals surface area contributed by atoms with Gasteiger partial charge in [-0.25, -0.2) is 9.55 Å². The fraction of sp³-hybridized carbons (Fsp3) is 0.0333. The molecule has 41 heavy (non-hydrogen) atoms. The van der Waals surface area contributed by atoms with E-state index in [2.05, 4.69) is 31.5 Å². The number of hydrogen-bond acceptors (Lipinski definition) is 6. The molecule has 0 unspecified atom stereocenters. The third-order valence-corrected chi connectivity index (χ3v) is 7.76. The minimum Gasteiger partial charge on any atom is -0.429 e. The maximum absolute atomic E-state index is 13.9. The van der Waals surface area contributed by atoms with Gasteiger partial charge in [0.25, 0.3) is 5.56 Å². The van der Waals surface area contributed by atoms with Crippen molar-refractivity contribution >= 4 is 84.5 Å². The second-order valence-electron chi connectivity index (χ2n) is 9.01. The van der Waals surface area contributed by atoms with Gasteiger partial charge < -0.3 is 15.1 Å². The molecule has 11 heteroatoms. The zero-order chi connectivity index (χ0) is 28.5. The van der Waals surface area contributed by atoms with Crippen molar-refractivity contribution in [3.8, 4) is 6.01 Å². The molecule has 2 aromatic heterocycles. The van der Waals surface area contributed by atoms with Gasteiger partial charge in [0.2, 0.25) is 0 Å². The van der Waals surface area contributed by atoms with Crippen molar-refractivity contribution in [1.29, 1.82) is 0 Å². The first kappa shape index (κ1) is 27.4. The summed E-state index contributed by atoms with van der Waals surface area (Å²) >= 11 is 22.6. The molecule has 2 heterocycles. The normalized spacial score (nSPS) is 11.1. The largest absolute Gasteiger partial charge is 0.429 e. The van der Waals surface area contributed by atoms with E-state index in [1.807, 2.05) is 48.5 Å². The van der Waals surface area contributed by atoms with Crippen LogP contribution in [0.3, 0.4) is 0 Å². The molecule has 0 fully saturated rings. The molecule has 0 aliphatic heterocycles. The van der Waals surface area contributed by atoms with Gasteiger partial charge in [-0.1, -0.05) is 87.1 Å². The first-order valence-electron chi connectivity index (χ1n) is 12.3. The highest BCUT2D eigenvalue weighted by Gasteiger charge is 2.19. The monoisotopic (exact) mass is 665 g/mol. The smallest absolute Gasteiger partial charge is 0.312 e. The number of nitrogens with zero attached hydrogens (tertiary/aromatic N) is 3. The lowest BCUT2D eigenvalue weighted by atomic mass is 10.1. The first-order chi connectivity index (χ1) is 19.9. The number of benzene rings is 4. The lowest BCUT2D eigenvalue weighted by Crippen LogP contribution is -2.24. The molecule has 0 aliphatic rings. The van der Waals surface area contributed by atoms with Crippen LogP contribution < -0.4 is 16.2 Å². The number of rotatable bonds is 7. The molecule has 0 atom stereocenters. The number of hydrogen-bond donors (Lipinski definition) is 2.